The van der Waals surface area contributed by atoms with E-state index in [-0.39, 0.29) is 11.6 Å². The van der Waals surface area contributed by atoms with Crippen LogP contribution < -0.4 is 10.1 Å². The summed E-state index contributed by atoms with van der Waals surface area (Å²) >= 11 is 0. The molecule has 1 aromatic rings. The molecule has 0 bridgehead atoms. The van der Waals surface area contributed by atoms with E-state index in [2.05, 4.69) is 10.3 Å². The Labute approximate surface area is 105 Å². The maximum Gasteiger partial charge on any atom is 0.278 e. The molecule has 0 fully saturated rings. The first-order chi connectivity index (χ1) is 8.67. The molecule has 0 aliphatic heterocycles. The summed E-state index contributed by atoms with van der Waals surface area (Å²) in [7, 11) is 1.64. The van der Waals surface area contributed by atoms with Crippen LogP contribution in [0.2, 0.25) is 0 Å². The Bertz CT molecular complexity index is 398. The summed E-state index contributed by atoms with van der Waals surface area (Å²) in [6, 6.07) is 2.64. The van der Waals surface area contributed by atoms with Crippen molar-refractivity contribution >= 4 is 11.5 Å². The van der Waals surface area contributed by atoms with E-state index in [4.69, 9.17) is 9.47 Å². The van der Waals surface area contributed by atoms with Crippen molar-refractivity contribution in [3.05, 3.63) is 22.2 Å². The van der Waals surface area contributed by atoms with Gasteiger partial charge in [0.15, 0.2) is 0 Å². The molecule has 0 aliphatic carbocycles. The quantitative estimate of drug-likeness (QED) is 0.433. The Hall–Kier alpha value is -1.89. The number of pyridine rings is 1. The fourth-order valence-electron chi connectivity index (χ4n) is 1.25. The zero-order valence-corrected chi connectivity index (χ0v) is 10.5. The summed E-state index contributed by atoms with van der Waals surface area (Å²) in [6.45, 7) is 3.44. The van der Waals surface area contributed by atoms with Crippen molar-refractivity contribution in [3.8, 4) is 5.88 Å². The van der Waals surface area contributed by atoms with Crippen LogP contribution in [-0.4, -0.2) is 36.8 Å². The molecule has 1 aromatic heterocycles. The van der Waals surface area contributed by atoms with E-state index < -0.39 is 4.92 Å². The number of hydrogen-bond donors (Lipinski definition) is 1. The number of nitrogens with one attached hydrogen (secondary N) is 1. The highest BCUT2D eigenvalue weighted by molar-refractivity contribution is 5.47. The minimum Gasteiger partial charge on any atom is -0.475 e. The zero-order chi connectivity index (χ0) is 13.4. The second-order valence-corrected chi connectivity index (χ2v) is 3.52. The van der Waals surface area contributed by atoms with Gasteiger partial charge in [0.25, 0.3) is 5.69 Å². The zero-order valence-electron chi connectivity index (χ0n) is 10.5. The van der Waals surface area contributed by atoms with Crippen LogP contribution >= 0.6 is 0 Å². The summed E-state index contributed by atoms with van der Waals surface area (Å²) in [4.78, 5) is 14.3. The van der Waals surface area contributed by atoms with E-state index in [9.17, 15) is 10.1 Å². The number of aromatic nitrogens is 1. The van der Waals surface area contributed by atoms with Gasteiger partial charge in [-0.15, -0.1) is 0 Å². The monoisotopic (exact) mass is 255 g/mol. The first-order valence-corrected chi connectivity index (χ1v) is 5.72. The molecule has 7 nitrogen and oxygen atoms in total. The SMILES string of the molecule is CCCOCCOc1cc([N+](=O)[O-])cc(NC)n1. The lowest BCUT2D eigenvalue weighted by atomic mass is 10.4. The molecule has 1 rings (SSSR count). The van der Waals surface area contributed by atoms with Crippen LogP contribution in [0.15, 0.2) is 12.1 Å². The van der Waals surface area contributed by atoms with Gasteiger partial charge in [-0.3, -0.25) is 10.1 Å². The summed E-state index contributed by atoms with van der Waals surface area (Å²) in [5, 5.41) is 13.5. The minimum absolute atomic E-state index is 0.0566. The van der Waals surface area contributed by atoms with E-state index in [0.717, 1.165) is 6.42 Å². The summed E-state index contributed by atoms with van der Waals surface area (Å²) in [6.07, 6.45) is 0.943. The molecule has 1 N–H and O–H groups in total. The predicted molar refractivity (Wildman–Crippen MR) is 67.0 cm³/mol. The van der Waals surface area contributed by atoms with Crippen LogP contribution in [0.3, 0.4) is 0 Å². The van der Waals surface area contributed by atoms with Crippen LogP contribution in [0.1, 0.15) is 13.3 Å². The lowest BCUT2D eigenvalue weighted by Gasteiger charge is -2.07. The average Bonchev–Trinajstić information content (AvgIpc) is 2.38. The third-order valence-electron chi connectivity index (χ3n) is 2.08. The van der Waals surface area contributed by atoms with E-state index in [1.165, 1.54) is 12.1 Å². The highest BCUT2D eigenvalue weighted by atomic mass is 16.6. The molecule has 0 amide bonds. The third kappa shape index (κ3) is 4.54. The van der Waals surface area contributed by atoms with E-state index in [1.54, 1.807) is 7.05 Å². The van der Waals surface area contributed by atoms with Gasteiger partial charge >= 0.3 is 0 Å². The summed E-state index contributed by atoms with van der Waals surface area (Å²) in [5.41, 5.74) is -0.0566. The average molecular weight is 255 g/mol. The molecule has 0 aliphatic rings. The molecule has 0 radical (unpaired) electrons. The highest BCUT2D eigenvalue weighted by Crippen LogP contribution is 2.21. The van der Waals surface area contributed by atoms with Crippen molar-refractivity contribution in [3.63, 3.8) is 0 Å². The number of nitro groups is 1. The van der Waals surface area contributed by atoms with Crippen LogP contribution in [-0.2, 0) is 4.74 Å². The Balaban J connectivity index is 2.58. The van der Waals surface area contributed by atoms with Crippen molar-refractivity contribution in [1.29, 1.82) is 0 Å². The van der Waals surface area contributed by atoms with Gasteiger partial charge in [-0.1, -0.05) is 6.92 Å². The fraction of sp³-hybridized carbons (Fsp3) is 0.545. The maximum atomic E-state index is 10.7. The lowest BCUT2D eigenvalue weighted by molar-refractivity contribution is -0.384. The van der Waals surface area contributed by atoms with Gasteiger partial charge in [0, 0.05) is 13.7 Å². The minimum atomic E-state index is -0.483. The van der Waals surface area contributed by atoms with Crippen LogP contribution in [0.4, 0.5) is 11.5 Å². The number of rotatable bonds is 8. The lowest BCUT2D eigenvalue weighted by Crippen LogP contribution is -2.08. The molecule has 7 heteroatoms. The van der Waals surface area contributed by atoms with Crippen molar-refractivity contribution < 1.29 is 14.4 Å². The van der Waals surface area contributed by atoms with E-state index in [0.29, 0.717) is 25.6 Å². The Morgan fingerprint density at radius 2 is 2.17 bits per heavy atom. The molecular formula is C11H17N3O4. The van der Waals surface area contributed by atoms with Gasteiger partial charge in [0.2, 0.25) is 5.88 Å². The molecule has 0 unspecified atom stereocenters. The van der Waals surface area contributed by atoms with Crippen LogP contribution in [0.25, 0.3) is 0 Å². The van der Waals surface area contributed by atoms with Gasteiger partial charge in [0.05, 0.1) is 23.7 Å². The molecule has 18 heavy (non-hydrogen) atoms. The summed E-state index contributed by atoms with van der Waals surface area (Å²) in [5.74, 6) is 0.613. The van der Waals surface area contributed by atoms with E-state index >= 15 is 0 Å². The third-order valence-corrected chi connectivity index (χ3v) is 2.08. The van der Waals surface area contributed by atoms with Gasteiger partial charge in [0.1, 0.15) is 12.4 Å². The largest absolute Gasteiger partial charge is 0.475 e. The number of ether oxygens (including phenoxy) is 2. The van der Waals surface area contributed by atoms with Gasteiger partial charge < -0.3 is 14.8 Å². The molecular weight excluding hydrogens is 238 g/mol. The molecule has 0 saturated heterocycles. The molecule has 0 saturated carbocycles. The first kappa shape index (κ1) is 14.2. The highest BCUT2D eigenvalue weighted by Gasteiger charge is 2.11. The molecule has 0 spiro atoms. The van der Waals surface area contributed by atoms with Crippen molar-refractivity contribution in [2.24, 2.45) is 0 Å². The van der Waals surface area contributed by atoms with Crippen molar-refractivity contribution in [1.82, 2.24) is 4.98 Å². The maximum absolute atomic E-state index is 10.7. The number of anilines is 1. The van der Waals surface area contributed by atoms with Crippen LogP contribution in [0, 0.1) is 10.1 Å². The molecule has 0 atom stereocenters. The number of nitrogens with zero attached hydrogens (tertiary/aromatic N) is 2. The van der Waals surface area contributed by atoms with Gasteiger partial charge in [-0.05, 0) is 6.42 Å². The topological polar surface area (TPSA) is 86.5 Å². The summed E-state index contributed by atoms with van der Waals surface area (Å²) < 4.78 is 10.5. The molecule has 1 heterocycles. The second-order valence-electron chi connectivity index (χ2n) is 3.52. The Morgan fingerprint density at radius 3 is 2.78 bits per heavy atom. The normalized spacial score (nSPS) is 10.1. The van der Waals surface area contributed by atoms with Crippen LogP contribution in [0.5, 0.6) is 5.88 Å². The Morgan fingerprint density at radius 1 is 1.39 bits per heavy atom. The predicted octanol–water partition coefficient (Wildman–Crippen LogP) is 1.84. The van der Waals surface area contributed by atoms with Crippen molar-refractivity contribution in [2.75, 3.05) is 32.2 Å². The second kappa shape index (κ2) is 7.44. The number of hydrogen-bond acceptors (Lipinski definition) is 6. The smallest absolute Gasteiger partial charge is 0.278 e. The Kier molecular flexibility index (Phi) is 5.86. The first-order valence-electron chi connectivity index (χ1n) is 5.72. The van der Waals surface area contributed by atoms with E-state index in [1.807, 2.05) is 6.92 Å². The molecule has 100 valence electrons. The van der Waals surface area contributed by atoms with Crippen molar-refractivity contribution in [2.45, 2.75) is 13.3 Å². The standard InChI is InChI=1S/C11H17N3O4/c1-3-4-17-5-6-18-11-8-9(14(15)16)7-10(12-2)13-11/h7-8H,3-6H2,1-2H3,(H,12,13). The fourth-order valence-corrected chi connectivity index (χ4v) is 1.25. The molecule has 0 aromatic carbocycles. The van der Waals surface area contributed by atoms with Gasteiger partial charge in [-0.2, -0.15) is 4.98 Å². The van der Waals surface area contributed by atoms with Gasteiger partial charge in [-0.25, -0.2) is 0 Å².